The quantitative estimate of drug-likeness (QED) is 0.843. The van der Waals surface area contributed by atoms with Crippen LogP contribution in [0.25, 0.3) is 0 Å². The lowest BCUT2D eigenvalue weighted by Gasteiger charge is -2.25. The molecule has 1 atom stereocenters. The van der Waals surface area contributed by atoms with Gasteiger partial charge in [-0.25, -0.2) is 9.18 Å². The standard InChI is InChI=1S/C17H16ClFN2O/c18-12-5-3-6-13(11-12)20-17(22)21-10-4-9-16(21)14-7-1-2-8-15(14)19/h1-3,5-8,11,16H,4,9-10H2,(H,20,22). The summed E-state index contributed by atoms with van der Waals surface area (Å²) in [6.07, 6.45) is 1.63. The van der Waals surface area contributed by atoms with Crippen molar-refractivity contribution in [2.24, 2.45) is 0 Å². The Kier molecular flexibility index (Phi) is 4.29. The molecule has 1 aliphatic heterocycles. The first-order valence-electron chi connectivity index (χ1n) is 7.23. The molecule has 1 saturated heterocycles. The van der Waals surface area contributed by atoms with Crippen molar-refractivity contribution in [3.8, 4) is 0 Å². The highest BCUT2D eigenvalue weighted by Crippen LogP contribution is 2.33. The summed E-state index contributed by atoms with van der Waals surface area (Å²) in [4.78, 5) is 14.2. The van der Waals surface area contributed by atoms with E-state index in [-0.39, 0.29) is 17.9 Å². The van der Waals surface area contributed by atoms with Crippen molar-refractivity contribution in [3.63, 3.8) is 0 Å². The number of urea groups is 1. The normalized spacial score (nSPS) is 17.5. The topological polar surface area (TPSA) is 32.3 Å². The maximum absolute atomic E-state index is 14.0. The van der Waals surface area contributed by atoms with Gasteiger partial charge in [0.05, 0.1) is 6.04 Å². The van der Waals surface area contributed by atoms with E-state index in [1.807, 2.05) is 0 Å². The Bertz CT molecular complexity index is 692. The monoisotopic (exact) mass is 318 g/mol. The zero-order chi connectivity index (χ0) is 15.5. The molecule has 0 bridgehead atoms. The predicted octanol–water partition coefficient (Wildman–Crippen LogP) is 4.85. The summed E-state index contributed by atoms with van der Waals surface area (Å²) in [6.45, 7) is 0.616. The van der Waals surface area contributed by atoms with Crippen molar-refractivity contribution >= 4 is 23.3 Å². The molecule has 1 N–H and O–H groups in total. The summed E-state index contributed by atoms with van der Waals surface area (Å²) < 4.78 is 14.0. The fourth-order valence-corrected chi connectivity index (χ4v) is 3.03. The van der Waals surface area contributed by atoms with Crippen LogP contribution < -0.4 is 5.32 Å². The highest BCUT2D eigenvalue weighted by Gasteiger charge is 2.31. The first-order valence-corrected chi connectivity index (χ1v) is 7.60. The van der Waals surface area contributed by atoms with Gasteiger partial charge in [-0.1, -0.05) is 35.9 Å². The molecule has 1 aliphatic rings. The molecule has 114 valence electrons. The van der Waals surface area contributed by atoms with Crippen LogP contribution >= 0.6 is 11.6 Å². The molecule has 22 heavy (non-hydrogen) atoms. The largest absolute Gasteiger partial charge is 0.322 e. The van der Waals surface area contributed by atoms with Gasteiger partial charge in [0, 0.05) is 22.8 Å². The molecule has 3 rings (SSSR count). The Labute approximate surface area is 133 Å². The van der Waals surface area contributed by atoms with Crippen molar-refractivity contribution in [3.05, 3.63) is 64.9 Å². The maximum atomic E-state index is 14.0. The van der Waals surface area contributed by atoms with E-state index in [4.69, 9.17) is 11.6 Å². The Hall–Kier alpha value is -2.07. The third-order valence-electron chi connectivity index (χ3n) is 3.85. The molecule has 0 aromatic heterocycles. The molecule has 2 aromatic rings. The second kappa shape index (κ2) is 6.36. The number of benzene rings is 2. The van der Waals surface area contributed by atoms with E-state index in [1.165, 1.54) is 6.07 Å². The minimum atomic E-state index is -0.269. The lowest BCUT2D eigenvalue weighted by molar-refractivity contribution is 0.206. The number of anilines is 1. The highest BCUT2D eigenvalue weighted by molar-refractivity contribution is 6.30. The van der Waals surface area contributed by atoms with Crippen LogP contribution in [0.5, 0.6) is 0 Å². The first kappa shape index (κ1) is 14.9. The van der Waals surface area contributed by atoms with E-state index < -0.39 is 0 Å². The number of likely N-dealkylation sites (tertiary alicyclic amines) is 1. The molecule has 2 aromatic carbocycles. The summed E-state index contributed by atoms with van der Waals surface area (Å²) in [5, 5.41) is 3.38. The summed E-state index contributed by atoms with van der Waals surface area (Å²) in [5.41, 5.74) is 1.21. The van der Waals surface area contributed by atoms with Gasteiger partial charge in [0.1, 0.15) is 5.82 Å². The van der Waals surface area contributed by atoms with E-state index in [1.54, 1.807) is 47.4 Å². The SMILES string of the molecule is O=C(Nc1cccc(Cl)c1)N1CCCC1c1ccccc1F. The van der Waals surface area contributed by atoms with Gasteiger partial charge in [0.2, 0.25) is 0 Å². The Morgan fingerprint density at radius 1 is 1.23 bits per heavy atom. The summed E-state index contributed by atoms with van der Waals surface area (Å²) >= 11 is 5.92. The average Bonchev–Trinajstić information content (AvgIpc) is 2.97. The molecule has 1 heterocycles. The van der Waals surface area contributed by atoms with Crippen molar-refractivity contribution < 1.29 is 9.18 Å². The van der Waals surface area contributed by atoms with Crippen molar-refractivity contribution in [1.82, 2.24) is 4.90 Å². The third-order valence-corrected chi connectivity index (χ3v) is 4.09. The van der Waals surface area contributed by atoms with Gasteiger partial charge in [-0.3, -0.25) is 0 Å². The number of halogens is 2. The van der Waals surface area contributed by atoms with E-state index in [0.717, 1.165) is 12.8 Å². The molecule has 0 aliphatic carbocycles. The molecule has 3 nitrogen and oxygen atoms in total. The molecule has 0 saturated carbocycles. The summed E-state index contributed by atoms with van der Waals surface area (Å²) in [6, 6.07) is 13.2. The van der Waals surface area contributed by atoms with Crippen LogP contribution in [0.1, 0.15) is 24.4 Å². The first-order chi connectivity index (χ1) is 10.6. The summed E-state index contributed by atoms with van der Waals surface area (Å²) in [5.74, 6) is -0.269. The highest BCUT2D eigenvalue weighted by atomic mass is 35.5. The Balaban J connectivity index is 1.78. The molecular formula is C17H16ClFN2O. The number of amides is 2. The van der Waals surface area contributed by atoms with Crippen LogP contribution in [0.3, 0.4) is 0 Å². The molecule has 1 unspecified atom stereocenters. The van der Waals surface area contributed by atoms with Crippen LogP contribution in [0, 0.1) is 5.82 Å². The number of nitrogens with one attached hydrogen (secondary N) is 1. The van der Waals surface area contributed by atoms with Gasteiger partial charge in [0.25, 0.3) is 0 Å². The third kappa shape index (κ3) is 3.07. The van der Waals surface area contributed by atoms with Crippen LogP contribution in [0.4, 0.5) is 14.9 Å². The van der Waals surface area contributed by atoms with E-state index in [2.05, 4.69) is 5.32 Å². The number of rotatable bonds is 2. The zero-order valence-corrected chi connectivity index (χ0v) is 12.7. The fourth-order valence-electron chi connectivity index (χ4n) is 2.84. The van der Waals surface area contributed by atoms with E-state index >= 15 is 0 Å². The second-order valence-corrected chi connectivity index (χ2v) is 5.75. The molecule has 1 fully saturated rings. The molecule has 2 amide bonds. The van der Waals surface area contributed by atoms with Crippen molar-refractivity contribution in [1.29, 1.82) is 0 Å². The van der Waals surface area contributed by atoms with Crippen LogP contribution in [-0.2, 0) is 0 Å². The van der Waals surface area contributed by atoms with Gasteiger partial charge < -0.3 is 10.2 Å². The molecule has 0 spiro atoms. The molecule has 5 heteroatoms. The van der Waals surface area contributed by atoms with E-state index in [0.29, 0.717) is 22.8 Å². The summed E-state index contributed by atoms with van der Waals surface area (Å²) in [7, 11) is 0. The number of hydrogen-bond donors (Lipinski definition) is 1. The maximum Gasteiger partial charge on any atom is 0.322 e. The van der Waals surface area contributed by atoms with Gasteiger partial charge in [0.15, 0.2) is 0 Å². The smallest absolute Gasteiger partial charge is 0.317 e. The van der Waals surface area contributed by atoms with Gasteiger partial charge in [-0.2, -0.15) is 0 Å². The van der Waals surface area contributed by atoms with Crippen molar-refractivity contribution in [2.45, 2.75) is 18.9 Å². The van der Waals surface area contributed by atoms with Crippen molar-refractivity contribution in [2.75, 3.05) is 11.9 Å². The number of nitrogens with zero attached hydrogens (tertiary/aromatic N) is 1. The minimum Gasteiger partial charge on any atom is -0.317 e. The van der Waals surface area contributed by atoms with Crippen LogP contribution in [0.15, 0.2) is 48.5 Å². The van der Waals surface area contributed by atoms with Crippen LogP contribution in [-0.4, -0.2) is 17.5 Å². The number of carbonyl (C=O) groups excluding carboxylic acids is 1. The molecular weight excluding hydrogens is 303 g/mol. The van der Waals surface area contributed by atoms with Gasteiger partial charge in [-0.05, 0) is 37.1 Å². The van der Waals surface area contributed by atoms with Gasteiger partial charge in [-0.15, -0.1) is 0 Å². The lowest BCUT2D eigenvalue weighted by atomic mass is 10.0. The fraction of sp³-hybridized carbons (Fsp3) is 0.235. The molecule has 0 radical (unpaired) electrons. The van der Waals surface area contributed by atoms with Crippen LogP contribution in [0.2, 0.25) is 5.02 Å². The number of carbonyl (C=O) groups is 1. The average molecular weight is 319 g/mol. The predicted molar refractivity (Wildman–Crippen MR) is 85.6 cm³/mol. The Morgan fingerprint density at radius 2 is 2.05 bits per heavy atom. The minimum absolute atomic E-state index is 0.222. The van der Waals surface area contributed by atoms with Gasteiger partial charge >= 0.3 is 6.03 Å². The number of hydrogen-bond acceptors (Lipinski definition) is 1. The van der Waals surface area contributed by atoms with E-state index in [9.17, 15) is 9.18 Å². The Morgan fingerprint density at radius 3 is 2.82 bits per heavy atom. The zero-order valence-electron chi connectivity index (χ0n) is 11.9. The second-order valence-electron chi connectivity index (χ2n) is 5.31. The lowest BCUT2D eigenvalue weighted by Crippen LogP contribution is -2.34.